The highest BCUT2D eigenvalue weighted by Gasteiger charge is 2.16. The molecule has 0 unspecified atom stereocenters. The average molecular weight is 370 g/mol. The summed E-state index contributed by atoms with van der Waals surface area (Å²) in [6, 6.07) is 5.24. The van der Waals surface area contributed by atoms with E-state index < -0.39 is 5.97 Å². The number of rotatable bonds is 5. The largest absolute Gasteiger partial charge is 0.469 e. The number of hydrogen-bond acceptors (Lipinski definition) is 8. The molecule has 0 aromatic carbocycles. The third-order valence-electron chi connectivity index (χ3n) is 3.78. The molecule has 0 saturated heterocycles. The number of nitrogens with zero attached hydrogens (tertiary/aromatic N) is 4. The molecular formula is C17H14N4O4S. The van der Waals surface area contributed by atoms with Crippen molar-refractivity contribution in [2.24, 2.45) is 0 Å². The van der Waals surface area contributed by atoms with Crippen LogP contribution in [0.4, 0.5) is 0 Å². The molecule has 8 nitrogen and oxygen atoms in total. The standard InChI is InChI=1S/C17H14N4O4S/c1-10-12(5-7-24-10)15-19-20-17(25-15)26-9-11-8-21-6-3-4-13(14(21)18-11)16(22)23-2/h3-8H,9H2,1-2H3. The van der Waals surface area contributed by atoms with Crippen LogP contribution in [0.2, 0.25) is 0 Å². The van der Waals surface area contributed by atoms with Gasteiger partial charge >= 0.3 is 5.97 Å². The van der Waals surface area contributed by atoms with Crippen LogP contribution in [-0.4, -0.2) is 32.7 Å². The maximum Gasteiger partial charge on any atom is 0.341 e. The third kappa shape index (κ3) is 2.97. The fraction of sp³-hybridized carbons (Fsp3) is 0.176. The summed E-state index contributed by atoms with van der Waals surface area (Å²) in [5.41, 5.74) is 2.53. The molecule has 0 fully saturated rings. The molecule has 0 radical (unpaired) electrons. The van der Waals surface area contributed by atoms with Gasteiger partial charge in [0.2, 0.25) is 0 Å². The van der Waals surface area contributed by atoms with E-state index in [0.717, 1.165) is 17.0 Å². The Balaban J connectivity index is 1.53. The van der Waals surface area contributed by atoms with Crippen molar-refractivity contribution in [3.63, 3.8) is 0 Å². The summed E-state index contributed by atoms with van der Waals surface area (Å²) in [7, 11) is 1.35. The quantitative estimate of drug-likeness (QED) is 0.390. The van der Waals surface area contributed by atoms with Crippen molar-refractivity contribution >= 4 is 23.4 Å². The van der Waals surface area contributed by atoms with Gasteiger partial charge in [-0.1, -0.05) is 11.8 Å². The number of hydrogen-bond donors (Lipinski definition) is 0. The number of aryl methyl sites for hydroxylation is 1. The number of thioether (sulfide) groups is 1. The second kappa shape index (κ2) is 6.68. The number of furan rings is 1. The molecule has 26 heavy (non-hydrogen) atoms. The van der Waals surface area contributed by atoms with E-state index in [1.54, 1.807) is 28.9 Å². The SMILES string of the molecule is COC(=O)c1cccn2cc(CSc3nnc(-c4ccoc4C)o3)nc12. The Bertz CT molecular complexity index is 1080. The van der Waals surface area contributed by atoms with E-state index in [-0.39, 0.29) is 0 Å². The van der Waals surface area contributed by atoms with Gasteiger partial charge in [0.25, 0.3) is 11.1 Å². The van der Waals surface area contributed by atoms with Crippen molar-refractivity contribution in [1.82, 2.24) is 19.6 Å². The van der Waals surface area contributed by atoms with E-state index in [1.807, 2.05) is 19.3 Å². The molecule has 0 aliphatic heterocycles. The van der Waals surface area contributed by atoms with Gasteiger partial charge in [0.05, 0.1) is 24.6 Å². The van der Waals surface area contributed by atoms with Gasteiger partial charge in [-0.05, 0) is 25.1 Å². The van der Waals surface area contributed by atoms with Crippen molar-refractivity contribution in [2.45, 2.75) is 17.9 Å². The maximum atomic E-state index is 11.8. The number of carbonyl (C=O) groups excluding carboxylic acids is 1. The van der Waals surface area contributed by atoms with Crippen LogP contribution in [-0.2, 0) is 10.5 Å². The van der Waals surface area contributed by atoms with Gasteiger partial charge in [-0.2, -0.15) is 0 Å². The zero-order valence-electron chi connectivity index (χ0n) is 14.0. The van der Waals surface area contributed by atoms with Gasteiger partial charge in [0.15, 0.2) is 5.65 Å². The highest BCUT2D eigenvalue weighted by atomic mass is 32.2. The number of esters is 1. The maximum absolute atomic E-state index is 11.8. The van der Waals surface area contributed by atoms with Crippen molar-refractivity contribution < 1.29 is 18.4 Å². The van der Waals surface area contributed by atoms with E-state index in [2.05, 4.69) is 15.2 Å². The van der Waals surface area contributed by atoms with Crippen LogP contribution in [0.25, 0.3) is 17.1 Å². The first-order valence-corrected chi connectivity index (χ1v) is 8.70. The number of ether oxygens (including phenoxy) is 1. The van der Waals surface area contributed by atoms with Crippen LogP contribution in [0.3, 0.4) is 0 Å². The van der Waals surface area contributed by atoms with Gasteiger partial charge in [-0.3, -0.25) is 0 Å². The Kier molecular flexibility index (Phi) is 4.21. The second-order valence-electron chi connectivity index (χ2n) is 5.43. The summed E-state index contributed by atoms with van der Waals surface area (Å²) in [6.07, 6.45) is 5.26. The van der Waals surface area contributed by atoms with E-state index in [1.165, 1.54) is 18.9 Å². The first-order chi connectivity index (χ1) is 12.7. The molecule has 132 valence electrons. The van der Waals surface area contributed by atoms with Crippen LogP contribution in [0.1, 0.15) is 21.8 Å². The Labute approximate surface area is 152 Å². The number of pyridine rings is 1. The van der Waals surface area contributed by atoms with Crippen LogP contribution < -0.4 is 0 Å². The van der Waals surface area contributed by atoms with Gasteiger partial charge in [0.1, 0.15) is 11.3 Å². The van der Waals surface area contributed by atoms with Crippen molar-refractivity contribution in [3.05, 3.63) is 53.9 Å². The number of carbonyl (C=O) groups is 1. The lowest BCUT2D eigenvalue weighted by Crippen LogP contribution is -2.03. The smallest absolute Gasteiger partial charge is 0.341 e. The molecule has 4 aromatic heterocycles. The van der Waals surface area contributed by atoms with Gasteiger partial charge in [0, 0.05) is 18.1 Å². The lowest BCUT2D eigenvalue weighted by atomic mass is 10.3. The van der Waals surface area contributed by atoms with Gasteiger partial charge in [-0.25, -0.2) is 9.78 Å². The van der Waals surface area contributed by atoms with E-state index in [0.29, 0.717) is 28.1 Å². The molecule has 4 heterocycles. The average Bonchev–Trinajstić information content (AvgIpc) is 3.37. The fourth-order valence-corrected chi connectivity index (χ4v) is 3.17. The molecule has 0 spiro atoms. The molecule has 4 rings (SSSR count). The topological polar surface area (TPSA) is 95.7 Å². The van der Waals surface area contributed by atoms with Crippen molar-refractivity contribution in [1.29, 1.82) is 0 Å². The summed E-state index contributed by atoms with van der Waals surface area (Å²) in [6.45, 7) is 1.84. The van der Waals surface area contributed by atoms with E-state index in [4.69, 9.17) is 13.6 Å². The molecule has 0 bridgehead atoms. The fourth-order valence-electron chi connectivity index (χ4n) is 2.52. The number of imidazole rings is 1. The third-order valence-corrected chi connectivity index (χ3v) is 4.63. The van der Waals surface area contributed by atoms with Crippen LogP contribution in [0.5, 0.6) is 0 Å². The van der Waals surface area contributed by atoms with Gasteiger partial charge < -0.3 is 18.0 Å². The normalized spacial score (nSPS) is 11.2. The number of aromatic nitrogens is 4. The van der Waals surface area contributed by atoms with Crippen molar-refractivity contribution in [2.75, 3.05) is 7.11 Å². The Morgan fingerprint density at radius 2 is 2.23 bits per heavy atom. The predicted octanol–water partition coefficient (Wildman–Crippen LogP) is 3.36. The molecule has 0 amide bonds. The monoisotopic (exact) mass is 370 g/mol. The van der Waals surface area contributed by atoms with Crippen LogP contribution >= 0.6 is 11.8 Å². The predicted molar refractivity (Wildman–Crippen MR) is 92.8 cm³/mol. The molecular weight excluding hydrogens is 356 g/mol. The zero-order chi connectivity index (χ0) is 18.1. The summed E-state index contributed by atoms with van der Waals surface area (Å²) >= 11 is 1.37. The molecule has 0 atom stereocenters. The molecule has 0 aliphatic carbocycles. The Hall–Kier alpha value is -3.07. The highest BCUT2D eigenvalue weighted by molar-refractivity contribution is 7.98. The minimum Gasteiger partial charge on any atom is -0.469 e. The zero-order valence-corrected chi connectivity index (χ0v) is 14.8. The van der Waals surface area contributed by atoms with Crippen LogP contribution in [0.15, 0.2) is 50.9 Å². The van der Waals surface area contributed by atoms with E-state index in [9.17, 15) is 4.79 Å². The summed E-state index contributed by atoms with van der Waals surface area (Å²) in [5, 5.41) is 8.51. The molecule has 0 aliphatic rings. The lowest BCUT2D eigenvalue weighted by Gasteiger charge is -2.00. The molecule has 0 saturated carbocycles. The minimum atomic E-state index is -0.419. The lowest BCUT2D eigenvalue weighted by molar-refractivity contribution is 0.0602. The van der Waals surface area contributed by atoms with E-state index >= 15 is 0 Å². The Morgan fingerprint density at radius 3 is 3.00 bits per heavy atom. The summed E-state index contributed by atoms with van der Waals surface area (Å²) in [5.74, 6) is 1.24. The first-order valence-electron chi connectivity index (χ1n) is 7.71. The van der Waals surface area contributed by atoms with Crippen LogP contribution in [0, 0.1) is 6.92 Å². The molecule has 4 aromatic rings. The molecule has 0 N–H and O–H groups in total. The Morgan fingerprint density at radius 1 is 1.35 bits per heavy atom. The first kappa shape index (κ1) is 16.4. The van der Waals surface area contributed by atoms with Gasteiger partial charge in [-0.15, -0.1) is 10.2 Å². The summed E-state index contributed by atoms with van der Waals surface area (Å²) in [4.78, 5) is 16.3. The van der Waals surface area contributed by atoms with Crippen molar-refractivity contribution in [3.8, 4) is 11.5 Å². The second-order valence-corrected chi connectivity index (χ2v) is 6.36. The minimum absolute atomic E-state index is 0.418. The number of methoxy groups -OCH3 is 1. The molecule has 9 heteroatoms. The summed E-state index contributed by atoms with van der Waals surface area (Å²) < 4.78 is 17.5. The number of fused-ring (bicyclic) bond motifs is 1. The highest BCUT2D eigenvalue weighted by Crippen LogP contribution is 2.28.